The van der Waals surface area contributed by atoms with Gasteiger partial charge < -0.3 is 15.8 Å². The van der Waals surface area contributed by atoms with Gasteiger partial charge in [0.2, 0.25) is 0 Å². The van der Waals surface area contributed by atoms with Gasteiger partial charge in [0, 0.05) is 24.6 Å². The summed E-state index contributed by atoms with van der Waals surface area (Å²) in [5, 5.41) is 3.58. The molecule has 1 saturated carbocycles. The number of hydrogen-bond donors (Lipinski definition) is 2. The van der Waals surface area contributed by atoms with Crippen molar-refractivity contribution in [1.82, 2.24) is 5.32 Å². The Kier molecular flexibility index (Phi) is 4.56. The number of nitrogens with one attached hydrogen (secondary N) is 1. The summed E-state index contributed by atoms with van der Waals surface area (Å²) < 4.78 is 5.42. The van der Waals surface area contributed by atoms with Crippen molar-refractivity contribution in [3.05, 3.63) is 0 Å². The first kappa shape index (κ1) is 12.9. The summed E-state index contributed by atoms with van der Waals surface area (Å²) in [6.45, 7) is 7.70. The Morgan fingerprint density at radius 3 is 2.67 bits per heavy atom. The second-order valence-corrected chi connectivity index (χ2v) is 5.25. The molecule has 0 amide bonds. The maximum atomic E-state index is 5.88. The Morgan fingerprint density at radius 2 is 2.20 bits per heavy atom. The predicted octanol–water partition coefficient (Wildman–Crippen LogP) is 1.52. The van der Waals surface area contributed by atoms with Crippen LogP contribution < -0.4 is 11.1 Å². The molecule has 0 aliphatic heterocycles. The molecule has 0 saturated heterocycles. The van der Waals surface area contributed by atoms with Crippen molar-refractivity contribution in [2.24, 2.45) is 11.1 Å². The van der Waals surface area contributed by atoms with Crippen LogP contribution in [-0.2, 0) is 4.74 Å². The Bertz CT molecular complexity index is 194. The Balaban J connectivity index is 2.19. The average molecular weight is 214 g/mol. The van der Waals surface area contributed by atoms with E-state index in [1.165, 1.54) is 0 Å². The van der Waals surface area contributed by atoms with E-state index in [-0.39, 0.29) is 5.41 Å². The summed E-state index contributed by atoms with van der Waals surface area (Å²) in [7, 11) is 1.80. The zero-order chi connectivity index (χ0) is 11.5. The molecule has 1 rings (SSSR count). The second kappa shape index (κ2) is 5.28. The summed E-state index contributed by atoms with van der Waals surface area (Å²) in [5.74, 6) is 0. The lowest BCUT2D eigenvalue weighted by Crippen LogP contribution is -2.60. The zero-order valence-electron chi connectivity index (χ0n) is 10.5. The molecule has 3 unspecified atom stereocenters. The van der Waals surface area contributed by atoms with Crippen LogP contribution in [0.3, 0.4) is 0 Å². The van der Waals surface area contributed by atoms with E-state index in [2.05, 4.69) is 26.1 Å². The molecule has 0 bridgehead atoms. The van der Waals surface area contributed by atoms with Crippen LogP contribution in [0.1, 0.15) is 40.0 Å². The third-order valence-electron chi connectivity index (χ3n) is 3.89. The Hall–Kier alpha value is -0.120. The highest BCUT2D eigenvalue weighted by molar-refractivity contribution is 5.02. The smallest absolute Gasteiger partial charge is 0.0652 e. The summed E-state index contributed by atoms with van der Waals surface area (Å²) >= 11 is 0. The maximum absolute atomic E-state index is 5.88. The Labute approximate surface area is 93.8 Å². The fourth-order valence-electron chi connectivity index (χ4n) is 2.28. The van der Waals surface area contributed by atoms with Crippen molar-refractivity contribution in [1.29, 1.82) is 0 Å². The minimum atomic E-state index is 0.269. The van der Waals surface area contributed by atoms with E-state index < -0.39 is 0 Å². The Morgan fingerprint density at radius 1 is 1.53 bits per heavy atom. The van der Waals surface area contributed by atoms with Crippen molar-refractivity contribution in [2.45, 2.75) is 58.2 Å². The quantitative estimate of drug-likeness (QED) is 0.704. The van der Waals surface area contributed by atoms with Crippen molar-refractivity contribution in [2.75, 3.05) is 13.7 Å². The first-order valence-electron chi connectivity index (χ1n) is 6.04. The van der Waals surface area contributed by atoms with Crippen LogP contribution in [0.25, 0.3) is 0 Å². The van der Waals surface area contributed by atoms with Crippen LogP contribution >= 0.6 is 0 Å². The van der Waals surface area contributed by atoms with Crippen LogP contribution in [0.5, 0.6) is 0 Å². The van der Waals surface area contributed by atoms with Crippen LogP contribution in [-0.4, -0.2) is 31.8 Å². The molecule has 0 spiro atoms. The molecular weight excluding hydrogens is 188 g/mol. The summed E-state index contributed by atoms with van der Waals surface area (Å²) in [4.78, 5) is 0. The highest BCUT2D eigenvalue weighted by Crippen LogP contribution is 2.42. The van der Waals surface area contributed by atoms with Crippen LogP contribution in [0.4, 0.5) is 0 Å². The topological polar surface area (TPSA) is 47.3 Å². The highest BCUT2D eigenvalue weighted by Gasteiger charge is 2.47. The molecule has 0 aromatic carbocycles. The van der Waals surface area contributed by atoms with Crippen molar-refractivity contribution in [3.8, 4) is 0 Å². The number of nitrogens with two attached hydrogens (primary N) is 1. The molecular formula is C12H26N2O. The van der Waals surface area contributed by atoms with E-state index in [4.69, 9.17) is 10.5 Å². The summed E-state index contributed by atoms with van der Waals surface area (Å²) in [6.07, 6.45) is 3.68. The molecule has 1 fully saturated rings. The minimum Gasteiger partial charge on any atom is -0.381 e. The fraction of sp³-hybridized carbons (Fsp3) is 1.00. The average Bonchev–Trinajstić information content (AvgIpc) is 2.21. The van der Waals surface area contributed by atoms with Gasteiger partial charge in [-0.2, -0.15) is 0 Å². The molecule has 0 aromatic rings. The van der Waals surface area contributed by atoms with Crippen LogP contribution in [0.2, 0.25) is 0 Å². The van der Waals surface area contributed by atoms with Crippen LogP contribution in [0.15, 0.2) is 0 Å². The van der Waals surface area contributed by atoms with Gasteiger partial charge in [-0.25, -0.2) is 0 Å². The fourth-order valence-corrected chi connectivity index (χ4v) is 2.28. The summed E-state index contributed by atoms with van der Waals surface area (Å²) in [5.41, 5.74) is 6.14. The van der Waals surface area contributed by atoms with Gasteiger partial charge in [0.05, 0.1) is 6.10 Å². The highest BCUT2D eigenvalue weighted by atomic mass is 16.5. The second-order valence-electron chi connectivity index (χ2n) is 5.25. The normalized spacial score (nSPS) is 31.0. The minimum absolute atomic E-state index is 0.269. The molecule has 3 nitrogen and oxygen atoms in total. The number of hydrogen-bond acceptors (Lipinski definition) is 3. The van der Waals surface area contributed by atoms with Gasteiger partial charge in [0.1, 0.15) is 0 Å². The maximum Gasteiger partial charge on any atom is 0.0652 e. The van der Waals surface area contributed by atoms with Gasteiger partial charge in [0.25, 0.3) is 0 Å². The molecule has 3 N–H and O–H groups in total. The van der Waals surface area contributed by atoms with E-state index in [1.54, 1.807) is 7.11 Å². The molecule has 3 heteroatoms. The van der Waals surface area contributed by atoms with E-state index in [1.807, 2.05) is 0 Å². The molecule has 1 aliphatic rings. The van der Waals surface area contributed by atoms with Gasteiger partial charge in [-0.1, -0.05) is 20.8 Å². The van der Waals surface area contributed by atoms with Gasteiger partial charge in [0.15, 0.2) is 0 Å². The third-order valence-corrected chi connectivity index (χ3v) is 3.89. The van der Waals surface area contributed by atoms with E-state index in [0.29, 0.717) is 18.2 Å². The van der Waals surface area contributed by atoms with E-state index >= 15 is 0 Å². The standard InChI is InChI=1S/C12H26N2O/c1-5-9(13)6-7-14-10-8-11(15-4)12(10,2)3/h9-11,14H,5-8,13H2,1-4H3. The first-order chi connectivity index (χ1) is 7.02. The molecule has 0 aromatic heterocycles. The van der Waals surface area contributed by atoms with E-state index in [0.717, 1.165) is 25.8 Å². The molecule has 15 heavy (non-hydrogen) atoms. The lowest BCUT2D eigenvalue weighted by atomic mass is 9.64. The molecule has 90 valence electrons. The van der Waals surface area contributed by atoms with Crippen molar-refractivity contribution in [3.63, 3.8) is 0 Å². The molecule has 0 radical (unpaired) electrons. The lowest BCUT2D eigenvalue weighted by Gasteiger charge is -2.51. The van der Waals surface area contributed by atoms with Crippen molar-refractivity contribution < 1.29 is 4.74 Å². The summed E-state index contributed by atoms with van der Waals surface area (Å²) in [6, 6.07) is 0.936. The molecule has 3 atom stereocenters. The molecule has 1 aliphatic carbocycles. The SMILES string of the molecule is CCC(N)CCNC1CC(OC)C1(C)C. The van der Waals surface area contributed by atoms with E-state index in [9.17, 15) is 0 Å². The first-order valence-corrected chi connectivity index (χ1v) is 6.04. The van der Waals surface area contributed by atoms with Gasteiger partial charge >= 0.3 is 0 Å². The number of methoxy groups -OCH3 is 1. The van der Waals surface area contributed by atoms with Gasteiger partial charge in [-0.3, -0.25) is 0 Å². The van der Waals surface area contributed by atoms with Gasteiger partial charge in [-0.05, 0) is 25.8 Å². The predicted molar refractivity (Wildman–Crippen MR) is 63.9 cm³/mol. The van der Waals surface area contributed by atoms with Crippen molar-refractivity contribution >= 4 is 0 Å². The largest absolute Gasteiger partial charge is 0.381 e. The van der Waals surface area contributed by atoms with Crippen LogP contribution in [0, 0.1) is 5.41 Å². The van der Waals surface area contributed by atoms with Gasteiger partial charge in [-0.15, -0.1) is 0 Å². The monoisotopic (exact) mass is 214 g/mol. The number of ether oxygens (including phenoxy) is 1. The molecule has 0 heterocycles. The zero-order valence-corrected chi connectivity index (χ0v) is 10.5. The third kappa shape index (κ3) is 2.92. The lowest BCUT2D eigenvalue weighted by molar-refractivity contribution is -0.0973. The number of rotatable bonds is 6.